The Morgan fingerprint density at radius 1 is 1.12 bits per heavy atom. The number of hydrogen-bond acceptors (Lipinski definition) is 9. The molecule has 4 aromatic rings. The molecule has 1 aliphatic heterocycles. The zero-order chi connectivity index (χ0) is 26.5. The van der Waals surface area contributed by atoms with Gasteiger partial charge in [0, 0.05) is 49.4 Å². The molecule has 0 spiro atoms. The van der Waals surface area contributed by atoms with Gasteiger partial charge >= 0.3 is 0 Å². The fourth-order valence-corrected chi connectivity index (χ4v) is 5.66. The number of fused-ring (bicyclic) bond motifs is 1. The number of hydrogen-bond donors (Lipinski definition) is 2. The first-order valence-electron chi connectivity index (χ1n) is 12.2. The van der Waals surface area contributed by atoms with E-state index in [-0.39, 0.29) is 22.7 Å². The second-order valence-electron chi connectivity index (χ2n) is 8.44. The van der Waals surface area contributed by atoms with Crippen LogP contribution in [0.5, 0.6) is 11.6 Å². The Kier molecular flexibility index (Phi) is 10.8. The molecule has 1 saturated heterocycles. The minimum absolute atomic E-state index is 0. The van der Waals surface area contributed by atoms with Gasteiger partial charge in [-0.25, -0.2) is 13.7 Å². The number of anilines is 4. The van der Waals surface area contributed by atoms with Crippen molar-refractivity contribution >= 4 is 62.4 Å². The summed E-state index contributed by atoms with van der Waals surface area (Å²) in [5, 5.41) is 7.74. The van der Waals surface area contributed by atoms with Crippen molar-refractivity contribution in [3.8, 4) is 11.6 Å². The van der Waals surface area contributed by atoms with Crippen LogP contribution in [0.1, 0.15) is 6.92 Å². The molecule has 0 unspecified atom stereocenters. The molecule has 0 aliphatic carbocycles. The van der Waals surface area contributed by atoms with Crippen molar-refractivity contribution in [2.45, 2.75) is 6.92 Å². The fraction of sp³-hybridized carbons (Fsp3) is 0.222. The summed E-state index contributed by atoms with van der Waals surface area (Å²) in [6.07, 6.45) is 1.20. The number of halogens is 1. The molecule has 3 heterocycles. The third kappa shape index (κ3) is 7.25. The van der Waals surface area contributed by atoms with Gasteiger partial charge in [-0.2, -0.15) is 4.98 Å². The molecule has 13 heteroatoms. The molecule has 0 saturated carbocycles. The summed E-state index contributed by atoms with van der Waals surface area (Å²) in [6.45, 7) is 8.98. The van der Waals surface area contributed by atoms with Gasteiger partial charge < -0.3 is 31.2 Å². The van der Waals surface area contributed by atoms with Gasteiger partial charge in [-0.05, 0) is 47.9 Å². The Bertz CT molecular complexity index is 1460. The third-order valence-electron chi connectivity index (χ3n) is 5.87. The maximum atomic E-state index is 15.1. The predicted octanol–water partition coefficient (Wildman–Crippen LogP) is 4.63. The molecule has 1 aliphatic rings. The summed E-state index contributed by atoms with van der Waals surface area (Å²) in [7, 11) is 0. The summed E-state index contributed by atoms with van der Waals surface area (Å²) < 4.78 is 24.3. The lowest BCUT2D eigenvalue weighted by Gasteiger charge is -2.35. The number of carbonyl (C=O) groups excluding carboxylic acids is 1. The zero-order valence-corrected chi connectivity index (χ0v) is 23.4. The zero-order valence-electron chi connectivity index (χ0n) is 21.8. The third-order valence-corrected chi connectivity index (χ3v) is 7.75. The molecule has 5 rings (SSSR count). The second kappa shape index (κ2) is 14.1. The molecule has 2 aromatic heterocycles. The highest BCUT2D eigenvalue weighted by atomic mass is 32.2. The van der Waals surface area contributed by atoms with E-state index in [1.54, 1.807) is 30.3 Å². The number of nitrogens with one attached hydrogen (secondary N) is 2. The van der Waals surface area contributed by atoms with Crippen molar-refractivity contribution < 1.29 is 24.9 Å². The van der Waals surface area contributed by atoms with Gasteiger partial charge in [-0.15, -0.1) is 11.3 Å². The van der Waals surface area contributed by atoms with Crippen LogP contribution in [-0.2, 0) is 4.79 Å². The van der Waals surface area contributed by atoms with Crippen LogP contribution in [0.25, 0.3) is 10.2 Å². The number of rotatable bonds is 9. The normalized spacial score (nSPS) is 13.2. The van der Waals surface area contributed by atoms with Crippen LogP contribution in [0.15, 0.2) is 66.6 Å². The first-order chi connectivity index (χ1) is 18.5. The Hall–Kier alpha value is -3.75. The lowest BCUT2D eigenvalue weighted by Crippen LogP contribution is -2.43. The number of benzene rings is 2. The fourth-order valence-electron chi connectivity index (χ4n) is 4.11. The van der Waals surface area contributed by atoms with Crippen LogP contribution in [-0.4, -0.2) is 63.1 Å². The average Bonchev–Trinajstić information content (AvgIpc) is 3.39. The molecule has 0 bridgehead atoms. The largest absolute Gasteiger partial charge is 0.437 e. The number of piperazine rings is 1. The van der Waals surface area contributed by atoms with E-state index >= 15 is 4.39 Å². The van der Waals surface area contributed by atoms with Crippen molar-refractivity contribution in [1.82, 2.24) is 14.3 Å². The minimum Gasteiger partial charge on any atom is -0.437 e. The number of amides is 1. The Morgan fingerprint density at radius 2 is 1.93 bits per heavy atom. The molecule has 2 aromatic carbocycles. The molecule has 1 amide bonds. The lowest BCUT2D eigenvalue weighted by atomic mass is 10.2. The highest BCUT2D eigenvalue weighted by molar-refractivity contribution is 7.96. The number of aromatic nitrogens is 2. The van der Waals surface area contributed by atoms with Crippen LogP contribution < -0.4 is 20.3 Å². The van der Waals surface area contributed by atoms with Crippen LogP contribution in [0.4, 0.5) is 27.4 Å². The maximum absolute atomic E-state index is 15.1. The van der Waals surface area contributed by atoms with E-state index in [1.165, 1.54) is 23.5 Å². The molecule has 212 valence electrons. The number of nitrogens with zero attached hydrogens (tertiary/aromatic N) is 4. The molecular weight excluding hydrogens is 555 g/mol. The van der Waals surface area contributed by atoms with Crippen LogP contribution in [0.2, 0.25) is 0 Å². The number of ether oxygens (including phenoxy) is 1. The lowest BCUT2D eigenvalue weighted by molar-refractivity contribution is -0.111. The Balaban J connectivity index is 0.00000220. The van der Waals surface area contributed by atoms with Crippen molar-refractivity contribution in [2.75, 3.05) is 47.5 Å². The molecule has 6 N–H and O–H groups in total. The van der Waals surface area contributed by atoms with E-state index in [0.29, 0.717) is 40.2 Å². The topological polar surface area (TPSA) is 146 Å². The summed E-state index contributed by atoms with van der Waals surface area (Å²) in [4.78, 5) is 22.9. The van der Waals surface area contributed by atoms with Gasteiger partial charge in [0.15, 0.2) is 0 Å². The average molecular weight is 587 g/mol. The Labute approximate surface area is 239 Å². The number of thiophene rings is 1. The van der Waals surface area contributed by atoms with Gasteiger partial charge in [-0.3, -0.25) is 4.79 Å². The van der Waals surface area contributed by atoms with E-state index in [4.69, 9.17) is 4.74 Å². The van der Waals surface area contributed by atoms with Gasteiger partial charge in [0.25, 0.3) is 0 Å². The van der Waals surface area contributed by atoms with Crippen LogP contribution in [0, 0.1) is 5.82 Å². The first kappa shape index (κ1) is 30.8. The summed E-state index contributed by atoms with van der Waals surface area (Å²) in [5.41, 5.74) is 2.42. The molecule has 10 nitrogen and oxygen atoms in total. The van der Waals surface area contributed by atoms with Crippen molar-refractivity contribution in [3.05, 3.63) is 72.4 Å². The second-order valence-corrected chi connectivity index (χ2v) is 10.7. The smallest absolute Gasteiger partial charge is 0.247 e. The minimum atomic E-state index is -0.313. The Morgan fingerprint density at radius 3 is 2.65 bits per heavy atom. The quantitative estimate of drug-likeness (QED) is 0.213. The van der Waals surface area contributed by atoms with E-state index < -0.39 is 0 Å². The first-order valence-corrected chi connectivity index (χ1v) is 14.0. The van der Waals surface area contributed by atoms with E-state index in [9.17, 15) is 4.79 Å². The molecule has 0 atom stereocenters. The monoisotopic (exact) mass is 586 g/mol. The molecule has 0 radical (unpaired) electrons. The van der Waals surface area contributed by atoms with Gasteiger partial charge in [0.2, 0.25) is 17.7 Å². The van der Waals surface area contributed by atoms with Crippen molar-refractivity contribution in [2.24, 2.45) is 0 Å². The van der Waals surface area contributed by atoms with Gasteiger partial charge in [0.1, 0.15) is 16.3 Å². The summed E-state index contributed by atoms with van der Waals surface area (Å²) >= 11 is 3.28. The van der Waals surface area contributed by atoms with Crippen LogP contribution >= 0.6 is 23.3 Å². The molecule has 1 fully saturated rings. The summed E-state index contributed by atoms with van der Waals surface area (Å²) in [6, 6.07) is 14.0. The van der Waals surface area contributed by atoms with Crippen molar-refractivity contribution in [3.63, 3.8) is 0 Å². The predicted molar refractivity (Wildman–Crippen MR) is 162 cm³/mol. The highest BCUT2D eigenvalue weighted by Crippen LogP contribution is 2.34. The van der Waals surface area contributed by atoms with E-state index in [2.05, 4.69) is 43.3 Å². The van der Waals surface area contributed by atoms with Crippen molar-refractivity contribution in [1.29, 1.82) is 0 Å². The van der Waals surface area contributed by atoms with Crippen LogP contribution in [0.3, 0.4) is 0 Å². The number of carbonyl (C=O) groups is 1. The van der Waals surface area contributed by atoms with Gasteiger partial charge in [0.05, 0.1) is 11.2 Å². The van der Waals surface area contributed by atoms with E-state index in [1.807, 2.05) is 29.5 Å². The van der Waals surface area contributed by atoms with E-state index in [0.717, 1.165) is 36.6 Å². The standard InChI is InChI=1S/C27H27FN6O2S2.2H2O/c1-3-24(35)29-18-6-5-7-20(16-18)36-26-25-22(10-15-37-25)31-27(32-26)30-19-8-9-23(21(28)17-19)33-11-13-34(14-12-33)38-4-2;;/h3,5-10,15-17H,1,4,11-14H2,2H3,(H,29,35)(H,30,31,32);2*1H2. The molecule has 40 heavy (non-hydrogen) atoms. The SMILES string of the molecule is C=CC(=O)Nc1cccc(Oc2nc(Nc3ccc(N4CCN(SCC)CC4)c(F)c3)nc3ccsc23)c1.O.O. The highest BCUT2D eigenvalue weighted by Gasteiger charge is 2.20. The maximum Gasteiger partial charge on any atom is 0.247 e. The van der Waals surface area contributed by atoms with Gasteiger partial charge in [-0.1, -0.05) is 31.5 Å². The summed E-state index contributed by atoms with van der Waals surface area (Å²) in [5.74, 6) is 1.59. The molecular formula is C27H31FN6O4S2.